The highest BCUT2D eigenvalue weighted by Gasteiger charge is 2.24. The van der Waals surface area contributed by atoms with Gasteiger partial charge in [-0.25, -0.2) is 0 Å². The molecular formula is C18H19N3O3. The van der Waals surface area contributed by atoms with Gasteiger partial charge in [0.1, 0.15) is 0 Å². The molecule has 6 nitrogen and oxygen atoms in total. The lowest BCUT2D eigenvalue weighted by atomic mass is 10.1. The fourth-order valence-corrected chi connectivity index (χ4v) is 2.36. The standard InChI is InChI=1S/C18H19N3O3/c22-16(10-12-21-11-4-3-7-17(21)23)20-15-6-2-1-5-14(15)18(24)19-13-8-9-13/h1-7,11,13H,8-10,12H2,(H,19,24)(H,20,22). The Morgan fingerprint density at radius 1 is 1.08 bits per heavy atom. The topological polar surface area (TPSA) is 80.2 Å². The maximum Gasteiger partial charge on any atom is 0.253 e. The van der Waals surface area contributed by atoms with Gasteiger partial charge in [0.25, 0.3) is 11.5 Å². The minimum absolute atomic E-state index is 0.144. The third kappa shape index (κ3) is 4.10. The quantitative estimate of drug-likeness (QED) is 0.849. The number of aromatic nitrogens is 1. The van der Waals surface area contributed by atoms with Crippen LogP contribution in [-0.4, -0.2) is 22.4 Å². The number of nitrogens with one attached hydrogen (secondary N) is 2. The molecule has 1 saturated carbocycles. The number of carbonyl (C=O) groups is 2. The van der Waals surface area contributed by atoms with Crippen LogP contribution in [0.1, 0.15) is 29.6 Å². The number of anilines is 1. The molecule has 24 heavy (non-hydrogen) atoms. The molecule has 6 heteroatoms. The van der Waals surface area contributed by atoms with Gasteiger partial charge in [-0.15, -0.1) is 0 Å². The summed E-state index contributed by atoms with van der Waals surface area (Å²) in [6.45, 7) is 0.294. The molecule has 124 valence electrons. The second-order valence-electron chi connectivity index (χ2n) is 5.82. The molecule has 2 N–H and O–H groups in total. The summed E-state index contributed by atoms with van der Waals surface area (Å²) in [6, 6.07) is 12.0. The van der Waals surface area contributed by atoms with Gasteiger partial charge in [-0.1, -0.05) is 18.2 Å². The van der Waals surface area contributed by atoms with Crippen LogP contribution in [0.2, 0.25) is 0 Å². The van der Waals surface area contributed by atoms with Gasteiger partial charge in [0.05, 0.1) is 11.3 Å². The van der Waals surface area contributed by atoms with Crippen molar-refractivity contribution in [2.24, 2.45) is 0 Å². The lowest BCUT2D eigenvalue weighted by Crippen LogP contribution is -2.27. The highest BCUT2D eigenvalue weighted by Crippen LogP contribution is 2.21. The second kappa shape index (κ2) is 7.12. The minimum atomic E-state index is -0.238. The smallest absolute Gasteiger partial charge is 0.253 e. The molecule has 3 rings (SSSR count). The van der Waals surface area contributed by atoms with E-state index in [0.29, 0.717) is 17.8 Å². The van der Waals surface area contributed by atoms with Crippen LogP contribution in [0.3, 0.4) is 0 Å². The van der Waals surface area contributed by atoms with E-state index in [4.69, 9.17) is 0 Å². The molecule has 0 atom stereocenters. The summed E-state index contributed by atoms with van der Waals surface area (Å²) in [5.41, 5.74) is 0.796. The summed E-state index contributed by atoms with van der Waals surface area (Å²) in [6.07, 6.45) is 3.81. The first kappa shape index (κ1) is 16.0. The average Bonchev–Trinajstić information content (AvgIpc) is 3.38. The first-order valence-electron chi connectivity index (χ1n) is 7.99. The Hall–Kier alpha value is -2.89. The molecule has 0 spiro atoms. The molecule has 1 heterocycles. The number of carbonyl (C=O) groups excluding carboxylic acids is 2. The van der Waals surface area contributed by atoms with Crippen LogP contribution in [0.5, 0.6) is 0 Å². The van der Waals surface area contributed by atoms with Crippen molar-refractivity contribution >= 4 is 17.5 Å². The molecule has 2 aromatic rings. The van der Waals surface area contributed by atoms with Crippen molar-refractivity contribution in [2.75, 3.05) is 5.32 Å². The lowest BCUT2D eigenvalue weighted by molar-refractivity contribution is -0.116. The number of amides is 2. The van der Waals surface area contributed by atoms with Gasteiger partial charge >= 0.3 is 0 Å². The zero-order valence-corrected chi connectivity index (χ0v) is 13.2. The SMILES string of the molecule is O=C(CCn1ccccc1=O)Nc1ccccc1C(=O)NC1CC1. The lowest BCUT2D eigenvalue weighted by Gasteiger charge is -2.11. The van der Waals surface area contributed by atoms with E-state index >= 15 is 0 Å². The molecule has 0 aliphatic heterocycles. The van der Waals surface area contributed by atoms with Crippen LogP contribution < -0.4 is 16.2 Å². The van der Waals surface area contributed by atoms with E-state index in [1.165, 1.54) is 10.6 Å². The number of hydrogen-bond donors (Lipinski definition) is 2. The van der Waals surface area contributed by atoms with Crippen LogP contribution in [0, 0.1) is 0 Å². The Balaban J connectivity index is 1.62. The van der Waals surface area contributed by atoms with Crippen molar-refractivity contribution in [1.29, 1.82) is 0 Å². The molecular weight excluding hydrogens is 306 g/mol. The van der Waals surface area contributed by atoms with Crippen molar-refractivity contribution in [2.45, 2.75) is 31.8 Å². The number of nitrogens with zero attached hydrogens (tertiary/aromatic N) is 1. The molecule has 2 amide bonds. The summed E-state index contributed by atoms with van der Waals surface area (Å²) in [7, 11) is 0. The average molecular weight is 325 g/mol. The van der Waals surface area contributed by atoms with Crippen molar-refractivity contribution in [3.63, 3.8) is 0 Å². The van der Waals surface area contributed by atoms with E-state index in [1.807, 2.05) is 0 Å². The fourth-order valence-electron chi connectivity index (χ4n) is 2.36. The van der Waals surface area contributed by atoms with Crippen molar-refractivity contribution in [3.8, 4) is 0 Å². The highest BCUT2D eigenvalue weighted by molar-refractivity contribution is 6.03. The first-order chi connectivity index (χ1) is 11.6. The number of pyridine rings is 1. The van der Waals surface area contributed by atoms with Gasteiger partial charge in [0.15, 0.2) is 0 Å². The molecule has 0 unspecified atom stereocenters. The number of rotatable bonds is 6. The second-order valence-corrected chi connectivity index (χ2v) is 5.82. The van der Waals surface area contributed by atoms with Crippen molar-refractivity contribution in [1.82, 2.24) is 9.88 Å². The molecule has 1 aromatic carbocycles. The minimum Gasteiger partial charge on any atom is -0.349 e. The summed E-state index contributed by atoms with van der Waals surface area (Å²) in [5, 5.41) is 5.67. The van der Waals surface area contributed by atoms with Crippen LogP contribution in [0.4, 0.5) is 5.69 Å². The molecule has 0 radical (unpaired) electrons. The first-order valence-corrected chi connectivity index (χ1v) is 7.99. The maximum atomic E-state index is 12.2. The Labute approximate surface area is 139 Å². The highest BCUT2D eigenvalue weighted by atomic mass is 16.2. The largest absolute Gasteiger partial charge is 0.349 e. The Bertz CT molecular complexity index is 809. The Morgan fingerprint density at radius 2 is 1.83 bits per heavy atom. The van der Waals surface area contributed by atoms with Crippen LogP contribution in [-0.2, 0) is 11.3 Å². The molecule has 1 aromatic heterocycles. The van der Waals surface area contributed by atoms with E-state index < -0.39 is 0 Å². The number of benzene rings is 1. The van der Waals surface area contributed by atoms with Crippen LogP contribution >= 0.6 is 0 Å². The van der Waals surface area contributed by atoms with Gasteiger partial charge in [-0.05, 0) is 31.0 Å². The zero-order chi connectivity index (χ0) is 16.9. The summed E-state index contributed by atoms with van der Waals surface area (Å²) in [5.74, 6) is -0.412. The summed E-state index contributed by atoms with van der Waals surface area (Å²) >= 11 is 0. The Kier molecular flexibility index (Phi) is 4.74. The van der Waals surface area contributed by atoms with Crippen molar-refractivity contribution in [3.05, 3.63) is 64.6 Å². The summed E-state index contributed by atoms with van der Waals surface area (Å²) in [4.78, 5) is 36.0. The maximum absolute atomic E-state index is 12.2. The predicted molar refractivity (Wildman–Crippen MR) is 90.9 cm³/mol. The number of aryl methyl sites for hydroxylation is 1. The normalized spacial score (nSPS) is 13.3. The molecule has 1 fully saturated rings. The fraction of sp³-hybridized carbons (Fsp3) is 0.278. The van der Waals surface area contributed by atoms with Crippen molar-refractivity contribution < 1.29 is 9.59 Å². The Morgan fingerprint density at radius 3 is 2.58 bits per heavy atom. The number of hydrogen-bond acceptors (Lipinski definition) is 3. The zero-order valence-electron chi connectivity index (χ0n) is 13.2. The monoisotopic (exact) mass is 325 g/mol. The number of para-hydroxylation sites is 1. The third-order valence-corrected chi connectivity index (χ3v) is 3.84. The van der Waals surface area contributed by atoms with Gasteiger partial charge in [-0.2, -0.15) is 0 Å². The van der Waals surface area contributed by atoms with E-state index in [0.717, 1.165) is 12.8 Å². The van der Waals surface area contributed by atoms with E-state index in [9.17, 15) is 14.4 Å². The summed E-state index contributed by atoms with van der Waals surface area (Å²) < 4.78 is 1.48. The van der Waals surface area contributed by atoms with Gasteiger partial charge < -0.3 is 15.2 Å². The predicted octanol–water partition coefficient (Wildman–Crippen LogP) is 1.77. The van der Waals surface area contributed by atoms with Gasteiger partial charge in [-0.3, -0.25) is 14.4 Å². The van der Waals surface area contributed by atoms with Crippen LogP contribution in [0.25, 0.3) is 0 Å². The van der Waals surface area contributed by atoms with Gasteiger partial charge in [0, 0.05) is 31.3 Å². The van der Waals surface area contributed by atoms with E-state index in [1.54, 1.807) is 42.6 Å². The molecule has 0 saturated heterocycles. The third-order valence-electron chi connectivity index (χ3n) is 3.84. The van der Waals surface area contributed by atoms with E-state index in [-0.39, 0.29) is 29.8 Å². The van der Waals surface area contributed by atoms with E-state index in [2.05, 4.69) is 10.6 Å². The molecule has 1 aliphatic rings. The molecule has 0 bridgehead atoms. The van der Waals surface area contributed by atoms with Crippen LogP contribution in [0.15, 0.2) is 53.5 Å². The van der Waals surface area contributed by atoms with Gasteiger partial charge in [0.2, 0.25) is 5.91 Å². The molecule has 1 aliphatic carbocycles.